The van der Waals surface area contributed by atoms with Gasteiger partial charge in [0.1, 0.15) is 23.8 Å². The van der Waals surface area contributed by atoms with Gasteiger partial charge in [-0.1, -0.05) is 41.0 Å². The summed E-state index contributed by atoms with van der Waals surface area (Å²) < 4.78 is 30.1. The van der Waals surface area contributed by atoms with Crippen LogP contribution in [0.5, 0.6) is 0 Å². The fourth-order valence-electron chi connectivity index (χ4n) is 6.38. The molecule has 4 N–H and O–H groups in total. The van der Waals surface area contributed by atoms with Crippen LogP contribution in [-0.2, 0) is 24.0 Å². The quantitative estimate of drug-likeness (QED) is 0.216. The summed E-state index contributed by atoms with van der Waals surface area (Å²) in [6.45, 7) is 8.10. The van der Waals surface area contributed by atoms with E-state index in [1.807, 2.05) is 0 Å². The zero-order chi connectivity index (χ0) is 34.6. The van der Waals surface area contributed by atoms with Crippen molar-refractivity contribution in [1.29, 1.82) is 0 Å². The molecule has 2 heterocycles. The Morgan fingerprint density at radius 2 is 1.64 bits per heavy atom. The van der Waals surface area contributed by atoms with Crippen molar-refractivity contribution in [2.75, 3.05) is 6.54 Å². The summed E-state index contributed by atoms with van der Waals surface area (Å²) in [4.78, 5) is 88.7. The van der Waals surface area contributed by atoms with Crippen molar-refractivity contribution in [2.45, 2.75) is 109 Å². The van der Waals surface area contributed by atoms with Crippen LogP contribution in [0.1, 0.15) is 83.6 Å². The number of nitrogens with zero attached hydrogens (tertiary/aromatic N) is 3. The summed E-state index contributed by atoms with van der Waals surface area (Å²) in [6, 6.07) is -4.91. The van der Waals surface area contributed by atoms with Crippen LogP contribution in [0.4, 0.5) is 8.78 Å². The molecule has 1 aromatic heterocycles. The maximum atomic E-state index is 15.0. The number of Topliss-reactive ketones (excluding diaryl/α,β-unsaturated/α-hetero) is 1. The first-order valence-electron chi connectivity index (χ1n) is 16.4. The third-order valence-corrected chi connectivity index (χ3v) is 9.17. The molecule has 0 bridgehead atoms. The fourth-order valence-corrected chi connectivity index (χ4v) is 6.38. The van der Waals surface area contributed by atoms with Crippen LogP contribution in [0.15, 0.2) is 18.6 Å². The molecule has 6 atom stereocenters. The molecule has 4 rings (SSSR count). The summed E-state index contributed by atoms with van der Waals surface area (Å²) in [5.41, 5.74) is -0.00861. The Balaban J connectivity index is 1.55. The zero-order valence-electron chi connectivity index (χ0n) is 27.4. The van der Waals surface area contributed by atoms with Crippen molar-refractivity contribution in [3.05, 3.63) is 24.3 Å². The fraction of sp³-hybridized carbons (Fsp3) is 0.688. The summed E-state index contributed by atoms with van der Waals surface area (Å²) in [7, 11) is 0. The number of hydrogen-bond donors (Lipinski definition) is 4. The van der Waals surface area contributed by atoms with Gasteiger partial charge in [-0.05, 0) is 43.4 Å². The molecule has 2 saturated carbocycles. The Morgan fingerprint density at radius 3 is 2.21 bits per heavy atom. The highest BCUT2D eigenvalue weighted by molar-refractivity contribution is 6.38. The van der Waals surface area contributed by atoms with Crippen molar-refractivity contribution in [3.8, 4) is 0 Å². The molecule has 47 heavy (non-hydrogen) atoms. The van der Waals surface area contributed by atoms with Crippen LogP contribution in [0.25, 0.3) is 0 Å². The first-order valence-corrected chi connectivity index (χ1v) is 16.4. The third-order valence-electron chi connectivity index (χ3n) is 9.17. The second-order valence-corrected chi connectivity index (χ2v) is 13.5. The molecule has 15 heteroatoms. The van der Waals surface area contributed by atoms with Crippen molar-refractivity contribution in [1.82, 2.24) is 36.1 Å². The second-order valence-electron chi connectivity index (χ2n) is 13.5. The third kappa shape index (κ3) is 8.28. The monoisotopic (exact) mass is 661 g/mol. The average Bonchev–Trinajstić information content (AvgIpc) is 3.67. The Labute approximate surface area is 272 Å². The summed E-state index contributed by atoms with van der Waals surface area (Å²) in [5.74, 6) is -10.7. The number of carbonyl (C=O) groups excluding carboxylic acids is 6. The van der Waals surface area contributed by atoms with E-state index in [2.05, 4.69) is 31.2 Å². The van der Waals surface area contributed by atoms with Crippen LogP contribution in [-0.4, -0.2) is 92.9 Å². The molecule has 13 nitrogen and oxygen atoms in total. The maximum absolute atomic E-state index is 15.0. The van der Waals surface area contributed by atoms with Crippen molar-refractivity contribution >= 4 is 35.3 Å². The van der Waals surface area contributed by atoms with Crippen LogP contribution in [0, 0.1) is 23.7 Å². The highest BCUT2D eigenvalue weighted by atomic mass is 19.3. The second kappa shape index (κ2) is 14.8. The van der Waals surface area contributed by atoms with E-state index >= 15 is 8.78 Å². The van der Waals surface area contributed by atoms with Crippen molar-refractivity contribution in [3.63, 3.8) is 0 Å². The molecule has 1 aliphatic heterocycles. The van der Waals surface area contributed by atoms with E-state index in [-0.39, 0.29) is 24.6 Å². The lowest BCUT2D eigenvalue weighted by Gasteiger charge is -2.34. The molecule has 5 amide bonds. The SMILES string of the molecule is CCCC(NC(=O)[C@@H]1[C@H]2CCC(F)(F)[C@H]2CN1C(=O)[C@@H](NC(=O)[C@H](NC(=O)c1cnccn1)C(C)C)C(C)C)C(=O)C(=O)NC1CC1. The minimum atomic E-state index is -3.12. The molecule has 0 spiro atoms. The van der Waals surface area contributed by atoms with Gasteiger partial charge in [0.2, 0.25) is 23.5 Å². The Kier molecular flexibility index (Phi) is 11.3. The molecule has 3 fully saturated rings. The highest BCUT2D eigenvalue weighted by Crippen LogP contribution is 2.51. The van der Waals surface area contributed by atoms with Gasteiger partial charge < -0.3 is 26.2 Å². The van der Waals surface area contributed by atoms with Crippen LogP contribution in [0.3, 0.4) is 0 Å². The van der Waals surface area contributed by atoms with Crippen molar-refractivity contribution < 1.29 is 37.5 Å². The number of fused-ring (bicyclic) bond motifs is 1. The minimum Gasteiger partial charge on any atom is -0.347 e. The van der Waals surface area contributed by atoms with E-state index in [1.165, 1.54) is 18.6 Å². The van der Waals surface area contributed by atoms with Gasteiger partial charge in [-0.3, -0.25) is 33.8 Å². The number of carbonyl (C=O) groups is 6. The summed E-state index contributed by atoms with van der Waals surface area (Å²) in [5, 5.41) is 10.5. The van der Waals surface area contributed by atoms with Gasteiger partial charge in [0.15, 0.2) is 0 Å². The number of aromatic nitrogens is 2. The lowest BCUT2D eigenvalue weighted by Crippen LogP contribution is -2.60. The average molecular weight is 662 g/mol. The number of halogens is 2. The van der Waals surface area contributed by atoms with Gasteiger partial charge in [-0.15, -0.1) is 0 Å². The number of nitrogens with one attached hydrogen (secondary N) is 4. The molecular weight excluding hydrogens is 616 g/mol. The van der Waals surface area contributed by atoms with Crippen LogP contribution >= 0.6 is 0 Å². The first kappa shape index (κ1) is 35.8. The molecule has 1 unspecified atom stereocenters. The first-order chi connectivity index (χ1) is 22.2. The van der Waals surface area contributed by atoms with Gasteiger partial charge in [0.05, 0.1) is 12.2 Å². The lowest BCUT2D eigenvalue weighted by molar-refractivity contribution is -0.145. The predicted molar refractivity (Wildman–Crippen MR) is 165 cm³/mol. The standard InChI is InChI=1S/C32H45F2N7O6/c1-6-7-21(26(42)30(46)37-18-8-9-18)38-29(45)25-19-10-11-32(33,34)20(19)15-41(25)31(47)24(17(4)5)40-28(44)23(16(2)3)39-27(43)22-14-35-12-13-36-22/h12-14,16-21,23-25H,6-11,15H2,1-5H3,(H,37,46)(H,38,45)(H,39,43)(H,40,44)/t19-,20-,21?,23+,24-,25-/m0/s1. The van der Waals surface area contributed by atoms with E-state index in [9.17, 15) is 28.8 Å². The number of likely N-dealkylation sites (tertiary alicyclic amines) is 1. The van der Waals surface area contributed by atoms with E-state index < -0.39 is 102 Å². The van der Waals surface area contributed by atoms with Crippen LogP contribution in [0.2, 0.25) is 0 Å². The van der Waals surface area contributed by atoms with Gasteiger partial charge in [0.25, 0.3) is 17.7 Å². The number of alkyl halides is 2. The van der Waals surface area contributed by atoms with E-state index in [1.54, 1.807) is 34.6 Å². The molecule has 2 aliphatic carbocycles. The molecular formula is C32H45F2N7O6. The summed E-state index contributed by atoms with van der Waals surface area (Å²) in [6.07, 6.45) is 5.64. The van der Waals surface area contributed by atoms with Gasteiger partial charge >= 0.3 is 0 Å². The number of hydrogen-bond acceptors (Lipinski definition) is 8. The Bertz CT molecular complexity index is 1360. The summed E-state index contributed by atoms with van der Waals surface area (Å²) >= 11 is 0. The van der Waals surface area contributed by atoms with E-state index in [0.717, 1.165) is 17.7 Å². The largest absolute Gasteiger partial charge is 0.347 e. The van der Waals surface area contributed by atoms with Gasteiger partial charge in [0, 0.05) is 37.3 Å². The number of rotatable bonds is 14. The van der Waals surface area contributed by atoms with E-state index in [4.69, 9.17) is 0 Å². The molecule has 258 valence electrons. The minimum absolute atomic E-state index is 0.00861. The van der Waals surface area contributed by atoms with Crippen molar-refractivity contribution in [2.24, 2.45) is 23.7 Å². The molecule has 0 aromatic carbocycles. The van der Waals surface area contributed by atoms with Gasteiger partial charge in [-0.25, -0.2) is 13.8 Å². The molecule has 0 radical (unpaired) electrons. The van der Waals surface area contributed by atoms with Crippen LogP contribution < -0.4 is 21.3 Å². The smallest absolute Gasteiger partial charge is 0.289 e. The highest BCUT2D eigenvalue weighted by Gasteiger charge is 2.61. The van der Waals surface area contributed by atoms with E-state index in [0.29, 0.717) is 6.42 Å². The molecule has 1 saturated heterocycles. The molecule has 1 aromatic rings. The number of amides is 5. The Morgan fingerprint density at radius 1 is 0.957 bits per heavy atom. The molecule has 3 aliphatic rings. The lowest BCUT2D eigenvalue weighted by atomic mass is 9.91. The normalized spacial score (nSPS) is 23.4. The maximum Gasteiger partial charge on any atom is 0.289 e. The number of ketones is 1. The zero-order valence-corrected chi connectivity index (χ0v) is 27.4. The Hall–Kier alpha value is -4.04. The topological polar surface area (TPSA) is 180 Å². The van der Waals surface area contributed by atoms with Gasteiger partial charge in [-0.2, -0.15) is 0 Å². The predicted octanol–water partition coefficient (Wildman–Crippen LogP) is 1.38.